The van der Waals surface area contributed by atoms with Crippen LogP contribution in [0.1, 0.15) is 135 Å². The minimum absolute atomic E-state index is 0.358. The van der Waals surface area contributed by atoms with Crippen LogP contribution in [0.3, 0.4) is 0 Å². The van der Waals surface area contributed by atoms with Crippen molar-refractivity contribution in [1.29, 1.82) is 0 Å². The Balaban J connectivity index is 3.05. The first-order valence-electron chi connectivity index (χ1n) is 11.6. The van der Waals surface area contributed by atoms with Crippen molar-refractivity contribution in [1.82, 2.24) is 0 Å². The van der Waals surface area contributed by atoms with E-state index in [1.54, 1.807) is 0 Å². The van der Waals surface area contributed by atoms with Crippen LogP contribution >= 0.6 is 0 Å². The summed E-state index contributed by atoms with van der Waals surface area (Å²) in [7, 11) is 0. The summed E-state index contributed by atoms with van der Waals surface area (Å²) in [6.45, 7) is 5.85. The van der Waals surface area contributed by atoms with Crippen molar-refractivity contribution in [3.8, 4) is 0 Å². The topological polar surface area (TPSA) is 37.3 Å². The zero-order valence-electron chi connectivity index (χ0n) is 17.7. The lowest BCUT2D eigenvalue weighted by Crippen LogP contribution is -1.98. The molecule has 0 fully saturated rings. The summed E-state index contributed by atoms with van der Waals surface area (Å²) >= 11 is 0. The van der Waals surface area contributed by atoms with E-state index in [1.165, 1.54) is 109 Å². The fraction of sp³-hybridized carbons (Fsp3) is 0.875. The van der Waals surface area contributed by atoms with Crippen LogP contribution in [0.15, 0.2) is 12.2 Å². The monoisotopic (exact) mass is 366 g/mol. The third-order valence-electron chi connectivity index (χ3n) is 5.38. The van der Waals surface area contributed by atoms with Crippen LogP contribution in [0.4, 0.5) is 0 Å². The van der Waals surface area contributed by atoms with Crippen molar-refractivity contribution < 1.29 is 9.90 Å². The normalized spacial score (nSPS) is 11.0. The molecule has 0 aromatic rings. The van der Waals surface area contributed by atoms with Gasteiger partial charge in [-0.1, -0.05) is 129 Å². The Morgan fingerprint density at radius 1 is 0.577 bits per heavy atom. The lowest BCUT2D eigenvalue weighted by molar-refractivity contribution is -0.132. The number of carbonyl (C=O) groups is 1. The highest BCUT2D eigenvalue weighted by Gasteiger charge is 2.02. The van der Waals surface area contributed by atoms with E-state index in [0.717, 1.165) is 12.8 Å². The molecule has 0 heterocycles. The first-order chi connectivity index (χ1) is 12.7. The van der Waals surface area contributed by atoms with Crippen LogP contribution in [0.5, 0.6) is 0 Å². The molecule has 0 saturated carbocycles. The summed E-state index contributed by atoms with van der Waals surface area (Å²) in [5.74, 6) is -0.840. The van der Waals surface area contributed by atoms with E-state index in [9.17, 15) is 4.79 Å². The molecule has 1 N–H and O–H groups in total. The number of unbranched alkanes of at least 4 members (excludes halogenated alkanes) is 18. The van der Waals surface area contributed by atoms with Gasteiger partial charge in [-0.05, 0) is 12.8 Å². The molecule has 2 nitrogen and oxygen atoms in total. The molecule has 0 unspecified atom stereocenters. The molecule has 0 spiro atoms. The van der Waals surface area contributed by atoms with Gasteiger partial charge < -0.3 is 5.11 Å². The number of carboxylic acids is 1. The SMILES string of the molecule is C=C(CCCCCCCCCCCCCCCCCCCCC)C(=O)O. The summed E-state index contributed by atoms with van der Waals surface area (Å²) in [6, 6.07) is 0. The van der Waals surface area contributed by atoms with Gasteiger partial charge in [0.05, 0.1) is 0 Å². The number of hydrogen-bond donors (Lipinski definition) is 1. The summed E-state index contributed by atoms with van der Waals surface area (Å²) in [5.41, 5.74) is 0.358. The van der Waals surface area contributed by atoms with Crippen molar-refractivity contribution in [3.05, 3.63) is 12.2 Å². The predicted molar refractivity (Wildman–Crippen MR) is 115 cm³/mol. The van der Waals surface area contributed by atoms with Crippen LogP contribution in [0.25, 0.3) is 0 Å². The molecule has 0 aliphatic carbocycles. The van der Waals surface area contributed by atoms with Gasteiger partial charge in [-0.3, -0.25) is 0 Å². The van der Waals surface area contributed by atoms with Gasteiger partial charge in [-0.25, -0.2) is 4.79 Å². The number of rotatable bonds is 21. The maximum absolute atomic E-state index is 10.6. The molecule has 0 aromatic carbocycles. The third kappa shape index (κ3) is 19.5. The van der Waals surface area contributed by atoms with Crippen molar-refractivity contribution >= 4 is 5.97 Å². The van der Waals surface area contributed by atoms with Crippen LogP contribution in [-0.4, -0.2) is 11.1 Å². The summed E-state index contributed by atoms with van der Waals surface area (Å²) in [4.78, 5) is 10.6. The van der Waals surface area contributed by atoms with Gasteiger partial charge in [0.1, 0.15) is 0 Å². The largest absolute Gasteiger partial charge is 0.478 e. The second kappa shape index (κ2) is 20.5. The van der Waals surface area contributed by atoms with Gasteiger partial charge in [-0.15, -0.1) is 0 Å². The Morgan fingerprint density at radius 3 is 1.12 bits per heavy atom. The standard InChI is InChI=1S/C24H46O2/c1-3-4-5-6-7-8-9-10-11-12-13-14-15-16-17-18-19-20-21-22-23(2)24(25)26/h2-22H2,1H3,(H,25,26). The van der Waals surface area contributed by atoms with Crippen LogP contribution in [0, 0.1) is 0 Å². The first kappa shape index (κ1) is 25.2. The van der Waals surface area contributed by atoms with Crippen LogP contribution in [0.2, 0.25) is 0 Å². The predicted octanol–water partition coefficient (Wildman–Crippen LogP) is 8.45. The van der Waals surface area contributed by atoms with Crippen LogP contribution < -0.4 is 0 Å². The Kier molecular flexibility index (Phi) is 19.9. The molecular formula is C24H46O2. The molecule has 0 rings (SSSR count). The van der Waals surface area contributed by atoms with E-state index < -0.39 is 5.97 Å². The van der Waals surface area contributed by atoms with Crippen molar-refractivity contribution in [2.45, 2.75) is 135 Å². The van der Waals surface area contributed by atoms with E-state index in [-0.39, 0.29) is 0 Å². The average molecular weight is 367 g/mol. The van der Waals surface area contributed by atoms with Gasteiger partial charge in [0.25, 0.3) is 0 Å². The number of carboxylic acid groups (broad SMARTS) is 1. The second-order valence-electron chi connectivity index (χ2n) is 8.02. The molecule has 2 heteroatoms. The first-order valence-corrected chi connectivity index (χ1v) is 11.6. The average Bonchev–Trinajstić information content (AvgIpc) is 2.63. The Hall–Kier alpha value is -0.790. The molecule has 0 aromatic heterocycles. The van der Waals surface area contributed by atoms with Gasteiger partial charge in [-0.2, -0.15) is 0 Å². The Morgan fingerprint density at radius 2 is 0.846 bits per heavy atom. The smallest absolute Gasteiger partial charge is 0.330 e. The Bertz CT molecular complexity index is 322. The highest BCUT2D eigenvalue weighted by Crippen LogP contribution is 2.15. The van der Waals surface area contributed by atoms with E-state index >= 15 is 0 Å². The molecule has 0 aliphatic rings. The van der Waals surface area contributed by atoms with E-state index in [1.807, 2.05) is 0 Å². The minimum Gasteiger partial charge on any atom is -0.478 e. The maximum atomic E-state index is 10.6. The zero-order valence-corrected chi connectivity index (χ0v) is 17.7. The van der Waals surface area contributed by atoms with E-state index in [2.05, 4.69) is 13.5 Å². The van der Waals surface area contributed by atoms with E-state index in [0.29, 0.717) is 12.0 Å². The maximum Gasteiger partial charge on any atom is 0.330 e. The quantitative estimate of drug-likeness (QED) is 0.163. The highest BCUT2D eigenvalue weighted by molar-refractivity contribution is 5.85. The van der Waals surface area contributed by atoms with Gasteiger partial charge in [0.2, 0.25) is 0 Å². The molecule has 0 aliphatic heterocycles. The van der Waals surface area contributed by atoms with Crippen molar-refractivity contribution in [2.75, 3.05) is 0 Å². The molecule has 0 atom stereocenters. The second-order valence-corrected chi connectivity index (χ2v) is 8.02. The summed E-state index contributed by atoms with van der Waals surface area (Å²) in [6.07, 6.45) is 26.6. The van der Waals surface area contributed by atoms with Crippen molar-refractivity contribution in [3.63, 3.8) is 0 Å². The minimum atomic E-state index is -0.840. The highest BCUT2D eigenvalue weighted by atomic mass is 16.4. The summed E-state index contributed by atoms with van der Waals surface area (Å²) in [5, 5.41) is 8.73. The lowest BCUT2D eigenvalue weighted by atomic mass is 10.0. The number of hydrogen-bond acceptors (Lipinski definition) is 1. The molecule has 0 amide bonds. The lowest BCUT2D eigenvalue weighted by Gasteiger charge is -2.04. The molecular weight excluding hydrogens is 320 g/mol. The van der Waals surface area contributed by atoms with Gasteiger partial charge in [0, 0.05) is 5.57 Å². The molecule has 0 saturated heterocycles. The van der Waals surface area contributed by atoms with Gasteiger partial charge in [0.15, 0.2) is 0 Å². The fourth-order valence-electron chi connectivity index (χ4n) is 3.52. The van der Waals surface area contributed by atoms with E-state index in [4.69, 9.17) is 5.11 Å². The third-order valence-corrected chi connectivity index (χ3v) is 5.38. The van der Waals surface area contributed by atoms with Gasteiger partial charge >= 0.3 is 5.97 Å². The molecule has 26 heavy (non-hydrogen) atoms. The summed E-state index contributed by atoms with van der Waals surface area (Å²) < 4.78 is 0. The Labute approximate surface area is 163 Å². The fourth-order valence-corrected chi connectivity index (χ4v) is 3.52. The zero-order chi connectivity index (χ0) is 19.3. The number of aliphatic carboxylic acids is 1. The molecule has 154 valence electrons. The van der Waals surface area contributed by atoms with Crippen LogP contribution in [-0.2, 0) is 4.79 Å². The molecule has 0 radical (unpaired) electrons. The molecule has 0 bridgehead atoms. The van der Waals surface area contributed by atoms with Crippen molar-refractivity contribution in [2.24, 2.45) is 0 Å².